The number of aliphatic imine (C=N–C) groups is 1. The number of hydrogen-bond acceptors (Lipinski definition) is 3. The monoisotopic (exact) mass is 504 g/mol. The quantitative estimate of drug-likeness (QED) is 0.353. The summed E-state index contributed by atoms with van der Waals surface area (Å²) < 4.78 is 37.3. The zero-order valence-electron chi connectivity index (χ0n) is 15.4. The van der Waals surface area contributed by atoms with E-state index < -0.39 is 12.7 Å². The molecule has 0 amide bonds. The van der Waals surface area contributed by atoms with E-state index in [9.17, 15) is 13.2 Å². The van der Waals surface area contributed by atoms with E-state index in [2.05, 4.69) is 41.6 Å². The summed E-state index contributed by atoms with van der Waals surface area (Å²) in [6.07, 6.45) is -2.42. The highest BCUT2D eigenvalue weighted by atomic mass is 127. The summed E-state index contributed by atoms with van der Waals surface area (Å²) in [5.41, 5.74) is 0. The zero-order valence-corrected chi connectivity index (χ0v) is 18.5. The first kappa shape index (κ1) is 23.5. The third-order valence-electron chi connectivity index (χ3n) is 4.24. The Labute approximate surface area is 174 Å². The van der Waals surface area contributed by atoms with Gasteiger partial charge in [0.2, 0.25) is 0 Å². The molecule has 4 nitrogen and oxygen atoms in total. The van der Waals surface area contributed by atoms with Crippen LogP contribution in [0.15, 0.2) is 17.1 Å². The Morgan fingerprint density at radius 2 is 2.15 bits per heavy atom. The molecule has 0 bridgehead atoms. The van der Waals surface area contributed by atoms with Crippen molar-refractivity contribution in [3.8, 4) is 0 Å². The van der Waals surface area contributed by atoms with Crippen LogP contribution in [0.4, 0.5) is 13.2 Å². The van der Waals surface area contributed by atoms with Gasteiger partial charge in [0.15, 0.2) is 5.96 Å². The highest BCUT2D eigenvalue weighted by molar-refractivity contribution is 14.0. The summed E-state index contributed by atoms with van der Waals surface area (Å²) in [4.78, 5) is 8.32. The van der Waals surface area contributed by atoms with Crippen molar-refractivity contribution < 1.29 is 13.2 Å². The topological polar surface area (TPSA) is 39.7 Å². The molecule has 1 aromatic rings. The molecule has 1 aliphatic rings. The van der Waals surface area contributed by atoms with Crippen LogP contribution >= 0.6 is 35.3 Å². The van der Waals surface area contributed by atoms with Gasteiger partial charge in [0.05, 0.1) is 6.54 Å². The fourth-order valence-electron chi connectivity index (χ4n) is 3.09. The molecule has 26 heavy (non-hydrogen) atoms. The van der Waals surface area contributed by atoms with E-state index >= 15 is 0 Å². The number of nitrogens with zero attached hydrogens (tertiary/aromatic N) is 2. The molecule has 1 fully saturated rings. The minimum absolute atomic E-state index is 0. The number of rotatable bonds is 6. The smallest absolute Gasteiger partial charge is 0.356 e. The second-order valence-electron chi connectivity index (χ2n) is 6.72. The van der Waals surface area contributed by atoms with Crippen LogP contribution in [0.5, 0.6) is 0 Å². The normalized spacial score (nSPS) is 19.9. The number of nitrogens with one attached hydrogen (secondary N) is 2. The van der Waals surface area contributed by atoms with E-state index in [0.717, 1.165) is 12.8 Å². The molecule has 2 rings (SSSR count). The Hall–Kier alpha value is -0.550. The van der Waals surface area contributed by atoms with Gasteiger partial charge in [-0.2, -0.15) is 13.2 Å². The van der Waals surface area contributed by atoms with Crippen molar-refractivity contribution in [2.24, 2.45) is 10.9 Å². The van der Waals surface area contributed by atoms with Crippen LogP contribution in [0.25, 0.3) is 0 Å². The largest absolute Gasteiger partial charge is 0.401 e. The first-order valence-corrected chi connectivity index (χ1v) is 9.38. The van der Waals surface area contributed by atoms with Crippen molar-refractivity contribution in [2.45, 2.75) is 38.9 Å². The van der Waals surface area contributed by atoms with Crippen molar-refractivity contribution >= 4 is 41.3 Å². The van der Waals surface area contributed by atoms with Crippen molar-refractivity contribution in [3.63, 3.8) is 0 Å². The van der Waals surface area contributed by atoms with Gasteiger partial charge in [-0.15, -0.1) is 35.3 Å². The average Bonchev–Trinajstić information content (AvgIpc) is 3.10. The highest BCUT2D eigenvalue weighted by Gasteiger charge is 2.34. The van der Waals surface area contributed by atoms with Gasteiger partial charge in [0, 0.05) is 42.4 Å². The van der Waals surface area contributed by atoms with Gasteiger partial charge in [-0.1, -0.05) is 0 Å². The van der Waals surface area contributed by atoms with E-state index in [1.54, 1.807) is 18.4 Å². The molecule has 0 spiro atoms. The molecule has 2 N–H and O–H groups in total. The minimum atomic E-state index is -4.12. The molecule has 0 saturated carbocycles. The molecule has 2 unspecified atom stereocenters. The Morgan fingerprint density at radius 3 is 2.73 bits per heavy atom. The summed E-state index contributed by atoms with van der Waals surface area (Å²) in [7, 11) is 1.71. The van der Waals surface area contributed by atoms with E-state index in [1.165, 1.54) is 14.7 Å². The fraction of sp³-hybridized carbons (Fsp3) is 0.706. The number of hydrogen-bond donors (Lipinski definition) is 2. The third-order valence-corrected chi connectivity index (χ3v) is 5.26. The zero-order chi connectivity index (χ0) is 18.4. The maximum Gasteiger partial charge on any atom is 0.401 e. The number of guanidine groups is 1. The summed E-state index contributed by atoms with van der Waals surface area (Å²) in [5.74, 6) is 0.922. The van der Waals surface area contributed by atoms with Crippen LogP contribution in [0.3, 0.4) is 0 Å². The van der Waals surface area contributed by atoms with Crippen molar-refractivity contribution in [1.29, 1.82) is 0 Å². The van der Waals surface area contributed by atoms with Crippen LogP contribution in [-0.2, 0) is 6.42 Å². The van der Waals surface area contributed by atoms with Crippen molar-refractivity contribution in [1.82, 2.24) is 15.5 Å². The molecule has 150 valence electrons. The molecule has 2 heterocycles. The van der Waals surface area contributed by atoms with Crippen LogP contribution in [0.2, 0.25) is 0 Å². The lowest BCUT2D eigenvalue weighted by molar-refractivity contribution is -0.143. The van der Waals surface area contributed by atoms with E-state index in [1.807, 2.05) is 0 Å². The molecule has 1 aromatic heterocycles. The van der Waals surface area contributed by atoms with Gasteiger partial charge in [0.1, 0.15) is 0 Å². The lowest BCUT2D eigenvalue weighted by Gasteiger charge is -2.20. The van der Waals surface area contributed by atoms with Crippen LogP contribution in [0.1, 0.15) is 23.1 Å². The lowest BCUT2D eigenvalue weighted by atomic mass is 10.1. The summed E-state index contributed by atoms with van der Waals surface area (Å²) in [6, 6.07) is 4.49. The lowest BCUT2D eigenvalue weighted by Crippen LogP contribution is -2.44. The SMILES string of the molecule is CN=C(NCC1CCN(CC(F)(F)F)C1)NC(C)Cc1ccc(C)s1.I. The van der Waals surface area contributed by atoms with Gasteiger partial charge in [-0.25, -0.2) is 0 Å². The Kier molecular flexibility index (Phi) is 9.67. The molecular weight excluding hydrogens is 476 g/mol. The first-order chi connectivity index (χ1) is 11.7. The van der Waals surface area contributed by atoms with Crippen LogP contribution in [0, 0.1) is 12.8 Å². The van der Waals surface area contributed by atoms with Gasteiger partial charge in [-0.05, 0) is 44.9 Å². The molecule has 9 heteroatoms. The number of likely N-dealkylation sites (tertiary alicyclic amines) is 1. The standard InChI is InChI=1S/C17H27F3N4S.HI/c1-12(8-15-5-4-13(2)25-15)23-16(21-3)22-9-14-6-7-24(10-14)11-17(18,19)20;/h4-5,12,14H,6-11H2,1-3H3,(H2,21,22,23);1H. The molecule has 0 radical (unpaired) electrons. The van der Waals surface area contributed by atoms with Gasteiger partial charge in [-0.3, -0.25) is 9.89 Å². The predicted octanol–water partition coefficient (Wildman–Crippen LogP) is 3.65. The van der Waals surface area contributed by atoms with Crippen LogP contribution < -0.4 is 10.6 Å². The summed E-state index contributed by atoms with van der Waals surface area (Å²) >= 11 is 1.79. The Bertz CT molecular complexity index is 577. The van der Waals surface area contributed by atoms with Crippen molar-refractivity contribution in [2.75, 3.05) is 33.2 Å². The van der Waals surface area contributed by atoms with Gasteiger partial charge < -0.3 is 10.6 Å². The van der Waals surface area contributed by atoms with Gasteiger partial charge in [0.25, 0.3) is 0 Å². The first-order valence-electron chi connectivity index (χ1n) is 8.57. The Morgan fingerprint density at radius 1 is 1.42 bits per heavy atom. The molecule has 2 atom stereocenters. The number of alkyl halides is 3. The second-order valence-corrected chi connectivity index (χ2v) is 8.09. The minimum Gasteiger partial charge on any atom is -0.356 e. The summed E-state index contributed by atoms with van der Waals surface area (Å²) in [6.45, 7) is 5.01. The Balaban J connectivity index is 0.00000338. The number of aryl methyl sites for hydroxylation is 1. The number of thiophene rings is 1. The molecule has 0 aromatic carbocycles. The number of halogens is 4. The van der Waals surface area contributed by atoms with Crippen molar-refractivity contribution in [3.05, 3.63) is 21.9 Å². The maximum absolute atomic E-state index is 12.4. The molecule has 0 aliphatic carbocycles. The van der Waals surface area contributed by atoms with E-state index in [4.69, 9.17) is 0 Å². The van der Waals surface area contributed by atoms with Crippen LogP contribution in [-0.4, -0.2) is 56.3 Å². The average molecular weight is 504 g/mol. The van der Waals surface area contributed by atoms with E-state index in [-0.39, 0.29) is 35.9 Å². The van der Waals surface area contributed by atoms with Gasteiger partial charge >= 0.3 is 6.18 Å². The second kappa shape index (κ2) is 10.7. The highest BCUT2D eigenvalue weighted by Crippen LogP contribution is 2.22. The van der Waals surface area contributed by atoms with E-state index in [0.29, 0.717) is 25.6 Å². The fourth-order valence-corrected chi connectivity index (χ4v) is 4.11. The summed E-state index contributed by atoms with van der Waals surface area (Å²) in [5, 5.41) is 6.60. The third kappa shape index (κ3) is 8.43. The molecule has 1 aliphatic heterocycles. The molecular formula is C17H28F3IN4S. The maximum atomic E-state index is 12.4. The molecule has 1 saturated heterocycles. The predicted molar refractivity (Wildman–Crippen MR) is 113 cm³/mol.